The maximum Gasteiger partial charge on any atom is 0.319 e. The molecule has 0 spiro atoms. The van der Waals surface area contributed by atoms with Crippen LogP contribution in [0.5, 0.6) is 0 Å². The molecule has 0 aliphatic rings. The summed E-state index contributed by atoms with van der Waals surface area (Å²) in [4.78, 5) is 25.6. The van der Waals surface area contributed by atoms with Crippen LogP contribution in [0.2, 0.25) is 0 Å². The van der Waals surface area contributed by atoms with Crippen molar-refractivity contribution >= 4 is 17.6 Å². The summed E-state index contributed by atoms with van der Waals surface area (Å²) in [6, 6.07) is 15.0. The lowest BCUT2D eigenvalue weighted by atomic mass is 10.1. The molecule has 0 radical (unpaired) electrons. The lowest BCUT2D eigenvalue weighted by molar-refractivity contribution is -0.129. The summed E-state index contributed by atoms with van der Waals surface area (Å²) in [5.74, 6) is -0.141. The zero-order valence-electron chi connectivity index (χ0n) is 14.3. The Labute approximate surface area is 142 Å². The number of amides is 3. The molecule has 0 fully saturated rings. The first-order chi connectivity index (χ1) is 11.5. The summed E-state index contributed by atoms with van der Waals surface area (Å²) in [6.07, 6.45) is 0. The van der Waals surface area contributed by atoms with Gasteiger partial charge in [-0.3, -0.25) is 4.79 Å². The summed E-state index contributed by atoms with van der Waals surface area (Å²) in [5, 5.41) is 5.31. The largest absolute Gasteiger partial charge is 0.340 e. The summed E-state index contributed by atoms with van der Waals surface area (Å²) in [7, 11) is 1.73. The maximum absolute atomic E-state index is 12.2. The number of nitrogens with one attached hydrogen (secondary N) is 2. The number of likely N-dealkylation sites (N-methyl/N-ethyl adjacent to an activating group) is 1. The maximum atomic E-state index is 12.2. The van der Waals surface area contributed by atoms with E-state index in [0.717, 1.165) is 16.7 Å². The Bertz CT molecular complexity index is 728. The van der Waals surface area contributed by atoms with Crippen molar-refractivity contribution in [2.24, 2.45) is 0 Å². The molecule has 24 heavy (non-hydrogen) atoms. The monoisotopic (exact) mass is 325 g/mol. The van der Waals surface area contributed by atoms with Crippen LogP contribution in [0.4, 0.5) is 10.5 Å². The van der Waals surface area contributed by atoms with Gasteiger partial charge in [-0.25, -0.2) is 4.79 Å². The van der Waals surface area contributed by atoms with Gasteiger partial charge >= 0.3 is 6.03 Å². The highest BCUT2D eigenvalue weighted by atomic mass is 16.2. The third-order valence-corrected chi connectivity index (χ3v) is 3.77. The average Bonchev–Trinajstić information content (AvgIpc) is 2.54. The SMILES string of the molecule is Cc1cccc(NC(=O)NCC(=O)N(C)Cc2ccccc2C)c1. The number of anilines is 1. The quantitative estimate of drug-likeness (QED) is 0.887. The highest BCUT2D eigenvalue weighted by Crippen LogP contribution is 2.10. The second-order valence-corrected chi connectivity index (χ2v) is 5.85. The molecule has 126 valence electrons. The van der Waals surface area contributed by atoms with Gasteiger partial charge in [0, 0.05) is 19.3 Å². The van der Waals surface area contributed by atoms with Crippen molar-refractivity contribution in [2.45, 2.75) is 20.4 Å². The van der Waals surface area contributed by atoms with E-state index < -0.39 is 6.03 Å². The molecule has 2 N–H and O–H groups in total. The Kier molecular flexibility index (Phi) is 5.95. The standard InChI is InChI=1S/C19H23N3O2/c1-14-7-6-10-17(11-14)21-19(24)20-12-18(23)22(3)13-16-9-5-4-8-15(16)2/h4-11H,12-13H2,1-3H3,(H2,20,21,24). The lowest BCUT2D eigenvalue weighted by Crippen LogP contribution is -2.39. The fourth-order valence-corrected chi connectivity index (χ4v) is 2.32. The number of carbonyl (C=O) groups is 2. The fraction of sp³-hybridized carbons (Fsp3) is 0.263. The Morgan fingerprint density at radius 3 is 2.50 bits per heavy atom. The molecule has 5 nitrogen and oxygen atoms in total. The van der Waals surface area contributed by atoms with Crippen molar-refractivity contribution in [3.05, 3.63) is 65.2 Å². The van der Waals surface area contributed by atoms with Gasteiger partial charge in [-0.2, -0.15) is 0 Å². The zero-order chi connectivity index (χ0) is 17.5. The van der Waals surface area contributed by atoms with Crippen LogP contribution in [0.1, 0.15) is 16.7 Å². The number of nitrogens with zero attached hydrogens (tertiary/aromatic N) is 1. The lowest BCUT2D eigenvalue weighted by Gasteiger charge is -2.19. The third kappa shape index (κ3) is 5.12. The van der Waals surface area contributed by atoms with Gasteiger partial charge in [-0.05, 0) is 42.7 Å². The minimum Gasteiger partial charge on any atom is -0.340 e. The molecule has 5 heteroatoms. The molecular formula is C19H23N3O2. The number of urea groups is 1. The van der Waals surface area contributed by atoms with E-state index in [0.29, 0.717) is 12.2 Å². The first-order valence-corrected chi connectivity index (χ1v) is 7.85. The second-order valence-electron chi connectivity index (χ2n) is 5.85. The van der Waals surface area contributed by atoms with E-state index in [1.165, 1.54) is 0 Å². The first-order valence-electron chi connectivity index (χ1n) is 7.85. The van der Waals surface area contributed by atoms with Crippen molar-refractivity contribution in [1.29, 1.82) is 0 Å². The van der Waals surface area contributed by atoms with Crippen LogP contribution in [0.3, 0.4) is 0 Å². The van der Waals surface area contributed by atoms with Crippen molar-refractivity contribution < 1.29 is 9.59 Å². The van der Waals surface area contributed by atoms with E-state index in [4.69, 9.17) is 0 Å². The van der Waals surface area contributed by atoms with Crippen LogP contribution in [0.15, 0.2) is 48.5 Å². The van der Waals surface area contributed by atoms with Crippen molar-refractivity contribution in [3.8, 4) is 0 Å². The zero-order valence-corrected chi connectivity index (χ0v) is 14.3. The summed E-state index contributed by atoms with van der Waals surface area (Å²) in [5.41, 5.74) is 4.00. The molecule has 0 atom stereocenters. The molecular weight excluding hydrogens is 302 g/mol. The van der Waals surface area contributed by atoms with Gasteiger partial charge in [-0.1, -0.05) is 36.4 Å². The number of carbonyl (C=O) groups excluding carboxylic acids is 2. The van der Waals surface area contributed by atoms with E-state index in [2.05, 4.69) is 10.6 Å². The summed E-state index contributed by atoms with van der Waals surface area (Å²) in [6.45, 7) is 4.45. The molecule has 0 aliphatic heterocycles. The predicted octanol–water partition coefficient (Wildman–Crippen LogP) is 3.08. The van der Waals surface area contributed by atoms with Gasteiger partial charge < -0.3 is 15.5 Å². The van der Waals surface area contributed by atoms with Crippen LogP contribution < -0.4 is 10.6 Å². The van der Waals surface area contributed by atoms with Crippen LogP contribution in [0, 0.1) is 13.8 Å². The minimum atomic E-state index is -0.391. The fourth-order valence-electron chi connectivity index (χ4n) is 2.32. The minimum absolute atomic E-state index is 0.0416. The molecule has 0 unspecified atom stereocenters. The van der Waals surface area contributed by atoms with Gasteiger partial charge in [0.15, 0.2) is 0 Å². The molecule has 3 amide bonds. The molecule has 0 bridgehead atoms. The summed E-state index contributed by atoms with van der Waals surface area (Å²) < 4.78 is 0. The third-order valence-electron chi connectivity index (χ3n) is 3.77. The van der Waals surface area contributed by atoms with Crippen LogP contribution in [0.25, 0.3) is 0 Å². The Hall–Kier alpha value is -2.82. The number of aryl methyl sites for hydroxylation is 2. The number of rotatable bonds is 5. The van der Waals surface area contributed by atoms with Gasteiger partial charge in [0.1, 0.15) is 0 Å². The molecule has 2 rings (SSSR count). The van der Waals surface area contributed by atoms with Gasteiger partial charge in [0.25, 0.3) is 0 Å². The summed E-state index contributed by atoms with van der Waals surface area (Å²) >= 11 is 0. The molecule has 0 saturated carbocycles. The van der Waals surface area contributed by atoms with Crippen molar-refractivity contribution in [3.63, 3.8) is 0 Å². The Balaban J connectivity index is 1.81. The van der Waals surface area contributed by atoms with E-state index in [9.17, 15) is 9.59 Å². The van der Waals surface area contributed by atoms with Crippen LogP contribution in [-0.2, 0) is 11.3 Å². The predicted molar refractivity (Wildman–Crippen MR) is 95.9 cm³/mol. The normalized spacial score (nSPS) is 10.1. The van der Waals surface area contributed by atoms with E-state index >= 15 is 0 Å². The topological polar surface area (TPSA) is 61.4 Å². The molecule has 2 aromatic carbocycles. The van der Waals surface area contributed by atoms with E-state index in [1.54, 1.807) is 18.0 Å². The van der Waals surface area contributed by atoms with Crippen molar-refractivity contribution in [2.75, 3.05) is 18.9 Å². The average molecular weight is 325 g/mol. The van der Waals surface area contributed by atoms with Gasteiger partial charge in [0.05, 0.1) is 6.54 Å². The molecule has 0 aliphatic carbocycles. The number of hydrogen-bond donors (Lipinski definition) is 2. The molecule has 0 heterocycles. The highest BCUT2D eigenvalue weighted by molar-refractivity contribution is 5.92. The Morgan fingerprint density at radius 2 is 1.79 bits per heavy atom. The molecule has 2 aromatic rings. The first kappa shape index (κ1) is 17.5. The molecule has 0 saturated heterocycles. The van der Waals surface area contributed by atoms with Gasteiger partial charge in [0.2, 0.25) is 5.91 Å². The highest BCUT2D eigenvalue weighted by Gasteiger charge is 2.12. The second kappa shape index (κ2) is 8.15. The van der Waals surface area contributed by atoms with Crippen LogP contribution in [-0.4, -0.2) is 30.4 Å². The Morgan fingerprint density at radius 1 is 1.04 bits per heavy atom. The molecule has 0 aromatic heterocycles. The van der Waals surface area contributed by atoms with E-state index in [-0.39, 0.29) is 12.5 Å². The smallest absolute Gasteiger partial charge is 0.319 e. The van der Waals surface area contributed by atoms with Gasteiger partial charge in [-0.15, -0.1) is 0 Å². The number of hydrogen-bond acceptors (Lipinski definition) is 2. The van der Waals surface area contributed by atoms with Crippen molar-refractivity contribution in [1.82, 2.24) is 10.2 Å². The van der Waals surface area contributed by atoms with E-state index in [1.807, 2.05) is 56.3 Å². The number of benzene rings is 2. The van der Waals surface area contributed by atoms with Crippen LogP contribution >= 0.6 is 0 Å².